The maximum atomic E-state index is 13.0. The van der Waals surface area contributed by atoms with E-state index in [-0.39, 0.29) is 12.2 Å². The van der Waals surface area contributed by atoms with Crippen LogP contribution in [0.1, 0.15) is 13.8 Å². The summed E-state index contributed by atoms with van der Waals surface area (Å²) < 4.78 is 77.3. The Bertz CT molecular complexity index is 866. The molecule has 0 saturated carbocycles. The molecule has 0 saturated heterocycles. The highest BCUT2D eigenvalue weighted by Crippen LogP contribution is 2.30. The zero-order valence-corrected chi connectivity index (χ0v) is 16.3. The van der Waals surface area contributed by atoms with Gasteiger partial charge in [-0.2, -0.15) is 26.3 Å². The summed E-state index contributed by atoms with van der Waals surface area (Å²) in [6, 6.07) is 5.40. The molecular weight excluding hydrogens is 418 g/mol. The van der Waals surface area contributed by atoms with Crippen molar-refractivity contribution in [3.8, 4) is 11.3 Å². The van der Waals surface area contributed by atoms with Gasteiger partial charge in [-0.3, -0.25) is 5.32 Å². The number of hydrogen-bond acceptors (Lipinski definition) is 4. The molecule has 0 aliphatic heterocycles. The first kappa shape index (κ1) is 22.9. The second kappa shape index (κ2) is 9.38. The highest BCUT2D eigenvalue weighted by molar-refractivity contribution is 8.03. The number of nitrogens with one attached hydrogen (secondary N) is 1. The number of thioether (sulfide) groups is 1. The maximum absolute atomic E-state index is 13.0. The number of alkyl halides is 6. The van der Waals surface area contributed by atoms with E-state index in [1.165, 1.54) is 59.1 Å². The van der Waals surface area contributed by atoms with E-state index in [0.29, 0.717) is 21.9 Å². The van der Waals surface area contributed by atoms with E-state index in [4.69, 9.17) is 0 Å². The summed E-state index contributed by atoms with van der Waals surface area (Å²) in [7, 11) is 0. The number of hydrogen-bond donors (Lipinski definition) is 1. The molecule has 0 aliphatic rings. The SMILES string of the molecule is C/C=C(\C=C(/Cn1cc(-c2ccc(NC(F)(F)F)cc2)nn1)SCC)C(F)(F)F. The van der Waals surface area contributed by atoms with Crippen LogP contribution in [0.4, 0.5) is 32.0 Å². The molecule has 158 valence electrons. The van der Waals surface area contributed by atoms with Gasteiger partial charge in [0.15, 0.2) is 0 Å². The van der Waals surface area contributed by atoms with Crippen LogP contribution in [0.3, 0.4) is 0 Å². The van der Waals surface area contributed by atoms with Gasteiger partial charge >= 0.3 is 12.5 Å². The Morgan fingerprint density at radius 3 is 2.31 bits per heavy atom. The van der Waals surface area contributed by atoms with Gasteiger partial charge in [0.05, 0.1) is 18.3 Å². The third-order valence-electron chi connectivity index (χ3n) is 3.61. The van der Waals surface area contributed by atoms with Crippen molar-refractivity contribution in [1.29, 1.82) is 0 Å². The van der Waals surface area contributed by atoms with Crippen molar-refractivity contribution in [1.82, 2.24) is 15.0 Å². The molecule has 29 heavy (non-hydrogen) atoms. The van der Waals surface area contributed by atoms with Crippen LogP contribution < -0.4 is 5.32 Å². The number of nitrogens with zero attached hydrogens (tertiary/aromatic N) is 3. The molecular formula is C18H18F6N4S. The average Bonchev–Trinajstić information content (AvgIpc) is 3.06. The van der Waals surface area contributed by atoms with Crippen molar-refractivity contribution in [3.05, 3.63) is 53.1 Å². The molecule has 0 atom stereocenters. The van der Waals surface area contributed by atoms with Gasteiger partial charge in [0.25, 0.3) is 0 Å². The average molecular weight is 436 g/mol. The molecule has 0 amide bonds. The molecule has 1 aromatic carbocycles. The summed E-state index contributed by atoms with van der Waals surface area (Å²) in [5, 5.41) is 9.25. The van der Waals surface area contributed by atoms with Crippen molar-refractivity contribution in [2.45, 2.75) is 32.9 Å². The Labute approximate surface area is 167 Å². The summed E-state index contributed by atoms with van der Waals surface area (Å²) in [6.07, 6.45) is -5.38. The number of aromatic nitrogens is 3. The van der Waals surface area contributed by atoms with Gasteiger partial charge in [0, 0.05) is 16.2 Å². The fourth-order valence-electron chi connectivity index (χ4n) is 2.38. The summed E-state index contributed by atoms with van der Waals surface area (Å²) in [5.74, 6) is 0.579. The van der Waals surface area contributed by atoms with Gasteiger partial charge < -0.3 is 0 Å². The lowest BCUT2D eigenvalue weighted by Crippen LogP contribution is -2.20. The number of benzene rings is 1. The lowest BCUT2D eigenvalue weighted by Gasteiger charge is -2.11. The van der Waals surface area contributed by atoms with Crippen LogP contribution >= 0.6 is 11.8 Å². The van der Waals surface area contributed by atoms with Gasteiger partial charge in [0.1, 0.15) is 5.69 Å². The summed E-state index contributed by atoms with van der Waals surface area (Å²) in [5.41, 5.74) is 0.0550. The van der Waals surface area contributed by atoms with Crippen LogP contribution in [0.15, 0.2) is 53.1 Å². The van der Waals surface area contributed by atoms with Crippen molar-refractivity contribution in [2.24, 2.45) is 0 Å². The zero-order chi connectivity index (χ0) is 21.7. The standard InChI is InChI=1S/C18H18F6N4S/c1-3-13(17(19,20)21)9-15(29-4-2)10-28-11-16(26-27-28)12-5-7-14(8-6-12)25-18(22,23)24/h3,5-9,11,25H,4,10H2,1-2H3/b13-3+,15-9+. The van der Waals surface area contributed by atoms with E-state index >= 15 is 0 Å². The Morgan fingerprint density at radius 2 is 1.79 bits per heavy atom. The monoisotopic (exact) mass is 436 g/mol. The van der Waals surface area contributed by atoms with Crippen molar-refractivity contribution < 1.29 is 26.3 Å². The molecule has 2 rings (SSSR count). The minimum absolute atomic E-state index is 0.0899. The van der Waals surface area contributed by atoms with Gasteiger partial charge in [-0.1, -0.05) is 30.3 Å². The molecule has 2 aromatic rings. The molecule has 0 radical (unpaired) electrons. The molecule has 1 aromatic heterocycles. The predicted octanol–water partition coefficient (Wildman–Crippen LogP) is 6.02. The largest absolute Gasteiger partial charge is 0.482 e. The van der Waals surface area contributed by atoms with E-state index in [9.17, 15) is 26.3 Å². The minimum atomic E-state index is -4.54. The molecule has 0 aliphatic carbocycles. The fraction of sp³-hybridized carbons (Fsp3) is 0.333. The molecule has 4 nitrogen and oxygen atoms in total. The number of anilines is 1. The second-order valence-electron chi connectivity index (χ2n) is 5.79. The second-order valence-corrected chi connectivity index (χ2v) is 7.18. The van der Waals surface area contributed by atoms with E-state index in [0.717, 1.165) is 12.2 Å². The van der Waals surface area contributed by atoms with E-state index in [1.54, 1.807) is 0 Å². The van der Waals surface area contributed by atoms with Gasteiger partial charge in [-0.05, 0) is 30.9 Å². The van der Waals surface area contributed by atoms with Crippen LogP contribution in [0.5, 0.6) is 0 Å². The highest BCUT2D eigenvalue weighted by Gasteiger charge is 2.31. The van der Waals surface area contributed by atoms with E-state index < -0.39 is 18.0 Å². The molecule has 0 bridgehead atoms. The Balaban J connectivity index is 2.17. The Hall–Kier alpha value is -2.43. The van der Waals surface area contributed by atoms with Crippen LogP contribution in [-0.4, -0.2) is 33.2 Å². The number of allylic oxidation sites excluding steroid dienone is 4. The van der Waals surface area contributed by atoms with Gasteiger partial charge in [-0.25, -0.2) is 4.68 Å². The topological polar surface area (TPSA) is 42.7 Å². The predicted molar refractivity (Wildman–Crippen MR) is 101 cm³/mol. The van der Waals surface area contributed by atoms with Crippen LogP contribution in [0.25, 0.3) is 11.3 Å². The smallest absolute Gasteiger partial charge is 0.298 e. The fourth-order valence-corrected chi connectivity index (χ4v) is 3.18. The molecule has 0 fully saturated rings. The van der Waals surface area contributed by atoms with Crippen molar-refractivity contribution in [3.63, 3.8) is 0 Å². The first-order chi connectivity index (χ1) is 13.5. The van der Waals surface area contributed by atoms with Crippen LogP contribution in [-0.2, 0) is 6.54 Å². The molecule has 1 N–H and O–H groups in total. The molecule has 11 heteroatoms. The molecule has 0 spiro atoms. The zero-order valence-electron chi connectivity index (χ0n) is 15.5. The molecule has 1 heterocycles. The summed E-state index contributed by atoms with van der Waals surface area (Å²) >= 11 is 1.26. The third kappa shape index (κ3) is 7.15. The first-order valence-corrected chi connectivity index (χ1v) is 9.42. The van der Waals surface area contributed by atoms with Crippen molar-refractivity contribution >= 4 is 17.4 Å². The number of halogens is 6. The lowest BCUT2D eigenvalue weighted by atomic mass is 10.1. The first-order valence-electron chi connectivity index (χ1n) is 8.44. The van der Waals surface area contributed by atoms with Crippen LogP contribution in [0, 0.1) is 0 Å². The van der Waals surface area contributed by atoms with E-state index in [1.807, 2.05) is 6.92 Å². The van der Waals surface area contributed by atoms with Gasteiger partial charge in [0.2, 0.25) is 0 Å². The Kier molecular flexibility index (Phi) is 7.39. The third-order valence-corrected chi connectivity index (χ3v) is 4.51. The quantitative estimate of drug-likeness (QED) is 0.327. The molecule has 0 unspecified atom stereocenters. The maximum Gasteiger partial charge on any atom is 0.482 e. The lowest BCUT2D eigenvalue weighted by molar-refractivity contribution is -0.1000. The summed E-state index contributed by atoms with van der Waals surface area (Å²) in [4.78, 5) is 0.458. The normalized spacial score (nSPS) is 13.7. The highest BCUT2D eigenvalue weighted by atomic mass is 32.2. The van der Waals surface area contributed by atoms with Crippen molar-refractivity contribution in [2.75, 3.05) is 11.1 Å². The summed E-state index contributed by atoms with van der Waals surface area (Å²) in [6.45, 7) is 3.23. The van der Waals surface area contributed by atoms with Gasteiger partial charge in [-0.15, -0.1) is 16.9 Å². The van der Waals surface area contributed by atoms with Crippen LogP contribution in [0.2, 0.25) is 0 Å². The van der Waals surface area contributed by atoms with E-state index in [2.05, 4.69) is 10.3 Å². The minimum Gasteiger partial charge on any atom is -0.298 e. The number of rotatable bonds is 7. The Morgan fingerprint density at radius 1 is 1.14 bits per heavy atom.